The molecule has 1 fully saturated rings. The van der Waals surface area contributed by atoms with Gasteiger partial charge in [-0.1, -0.05) is 29.3 Å². The van der Waals surface area contributed by atoms with E-state index in [0.29, 0.717) is 0 Å². The molecule has 0 heterocycles. The first-order valence-corrected chi connectivity index (χ1v) is 7.19. The highest BCUT2D eigenvalue weighted by atomic mass is 127. The van der Waals surface area contributed by atoms with E-state index < -0.39 is 0 Å². The Labute approximate surface area is 139 Å². The summed E-state index contributed by atoms with van der Waals surface area (Å²) in [6.45, 7) is 6.29. The third-order valence-electron chi connectivity index (χ3n) is 3.47. The lowest BCUT2D eigenvalue weighted by Crippen LogP contribution is -2.39. The minimum Gasteiger partial charge on any atom is -0.356 e. The Bertz CT molecular complexity index is 433. The van der Waals surface area contributed by atoms with Gasteiger partial charge in [0.2, 0.25) is 0 Å². The Hall–Kier alpha value is -0.780. The molecule has 112 valence electrons. The Morgan fingerprint density at radius 2 is 1.80 bits per heavy atom. The van der Waals surface area contributed by atoms with Crippen molar-refractivity contribution in [2.24, 2.45) is 10.9 Å². The second-order valence-corrected chi connectivity index (χ2v) is 5.57. The topological polar surface area (TPSA) is 36.4 Å². The SMILES string of the molecule is CN=C(NCCc1cc(C)cc(C)c1)NCC1CC1.I. The van der Waals surface area contributed by atoms with E-state index in [0.717, 1.165) is 31.4 Å². The number of nitrogens with one attached hydrogen (secondary N) is 2. The van der Waals surface area contributed by atoms with Gasteiger partial charge in [-0.3, -0.25) is 4.99 Å². The van der Waals surface area contributed by atoms with Crippen molar-refractivity contribution in [1.29, 1.82) is 0 Å². The Kier molecular flexibility index (Phi) is 7.34. The molecule has 2 rings (SSSR count). The number of guanidine groups is 1. The maximum absolute atomic E-state index is 4.25. The number of hydrogen-bond donors (Lipinski definition) is 2. The molecule has 0 unspecified atom stereocenters. The van der Waals surface area contributed by atoms with Crippen LogP contribution in [0.15, 0.2) is 23.2 Å². The maximum Gasteiger partial charge on any atom is 0.190 e. The zero-order valence-corrected chi connectivity index (χ0v) is 15.0. The fourth-order valence-corrected chi connectivity index (χ4v) is 2.32. The normalized spacial score (nSPS) is 14.7. The average Bonchev–Trinajstić information content (AvgIpc) is 3.16. The number of nitrogens with zero attached hydrogens (tertiary/aromatic N) is 1. The number of halogens is 1. The predicted molar refractivity (Wildman–Crippen MR) is 97.1 cm³/mol. The van der Waals surface area contributed by atoms with Crippen LogP contribution in [0.3, 0.4) is 0 Å². The third-order valence-corrected chi connectivity index (χ3v) is 3.47. The van der Waals surface area contributed by atoms with Gasteiger partial charge in [-0.15, -0.1) is 24.0 Å². The molecule has 20 heavy (non-hydrogen) atoms. The Balaban J connectivity index is 0.00000200. The van der Waals surface area contributed by atoms with Gasteiger partial charge < -0.3 is 10.6 Å². The number of hydrogen-bond acceptors (Lipinski definition) is 1. The maximum atomic E-state index is 4.25. The van der Waals surface area contributed by atoms with Gasteiger partial charge in [0.15, 0.2) is 5.96 Å². The van der Waals surface area contributed by atoms with Gasteiger partial charge in [0.25, 0.3) is 0 Å². The summed E-state index contributed by atoms with van der Waals surface area (Å²) in [5.41, 5.74) is 4.07. The average molecular weight is 387 g/mol. The summed E-state index contributed by atoms with van der Waals surface area (Å²) in [5.74, 6) is 1.80. The summed E-state index contributed by atoms with van der Waals surface area (Å²) in [7, 11) is 1.83. The highest BCUT2D eigenvalue weighted by molar-refractivity contribution is 14.0. The van der Waals surface area contributed by atoms with E-state index in [-0.39, 0.29) is 24.0 Å². The summed E-state index contributed by atoms with van der Waals surface area (Å²) in [6.07, 6.45) is 3.77. The molecule has 1 aromatic carbocycles. The van der Waals surface area contributed by atoms with E-state index in [1.54, 1.807) is 0 Å². The molecule has 4 heteroatoms. The minimum atomic E-state index is 0. The number of aryl methyl sites for hydroxylation is 2. The Morgan fingerprint density at radius 1 is 1.15 bits per heavy atom. The van der Waals surface area contributed by atoms with E-state index in [4.69, 9.17) is 0 Å². The fraction of sp³-hybridized carbons (Fsp3) is 0.562. The van der Waals surface area contributed by atoms with Gasteiger partial charge >= 0.3 is 0 Å². The molecule has 0 bridgehead atoms. The van der Waals surface area contributed by atoms with Crippen LogP contribution in [0, 0.1) is 19.8 Å². The quantitative estimate of drug-likeness (QED) is 0.463. The molecular formula is C16H26IN3. The van der Waals surface area contributed by atoms with Crippen LogP contribution < -0.4 is 10.6 Å². The minimum absolute atomic E-state index is 0. The van der Waals surface area contributed by atoms with Crippen molar-refractivity contribution in [2.45, 2.75) is 33.1 Å². The van der Waals surface area contributed by atoms with Crippen molar-refractivity contribution < 1.29 is 0 Å². The second-order valence-electron chi connectivity index (χ2n) is 5.57. The van der Waals surface area contributed by atoms with Crippen molar-refractivity contribution in [2.75, 3.05) is 20.1 Å². The van der Waals surface area contributed by atoms with Crippen molar-refractivity contribution in [3.8, 4) is 0 Å². The van der Waals surface area contributed by atoms with Gasteiger partial charge in [-0.25, -0.2) is 0 Å². The molecule has 1 aromatic rings. The first-order chi connectivity index (χ1) is 9.17. The number of rotatable bonds is 5. The van der Waals surface area contributed by atoms with Crippen LogP contribution in [0.4, 0.5) is 0 Å². The molecule has 1 aliphatic rings. The molecule has 0 aliphatic heterocycles. The molecule has 0 atom stereocenters. The van der Waals surface area contributed by atoms with E-state index >= 15 is 0 Å². The Morgan fingerprint density at radius 3 is 2.35 bits per heavy atom. The largest absolute Gasteiger partial charge is 0.356 e. The molecule has 0 radical (unpaired) electrons. The first kappa shape index (κ1) is 17.3. The summed E-state index contributed by atoms with van der Waals surface area (Å²) in [4.78, 5) is 4.25. The monoisotopic (exact) mass is 387 g/mol. The van der Waals surface area contributed by atoms with Gasteiger partial charge in [-0.05, 0) is 44.6 Å². The molecule has 3 nitrogen and oxygen atoms in total. The zero-order chi connectivity index (χ0) is 13.7. The summed E-state index contributed by atoms with van der Waals surface area (Å²) in [6, 6.07) is 6.73. The van der Waals surface area contributed by atoms with Crippen LogP contribution >= 0.6 is 24.0 Å². The van der Waals surface area contributed by atoms with Crippen molar-refractivity contribution in [3.63, 3.8) is 0 Å². The van der Waals surface area contributed by atoms with E-state index in [1.807, 2.05) is 7.05 Å². The van der Waals surface area contributed by atoms with Crippen LogP contribution in [-0.4, -0.2) is 26.1 Å². The highest BCUT2D eigenvalue weighted by Gasteiger charge is 2.20. The smallest absolute Gasteiger partial charge is 0.190 e. The van der Waals surface area contributed by atoms with Gasteiger partial charge in [0, 0.05) is 20.1 Å². The van der Waals surface area contributed by atoms with E-state index in [9.17, 15) is 0 Å². The highest BCUT2D eigenvalue weighted by Crippen LogP contribution is 2.27. The standard InChI is InChI=1S/C16H25N3.HI/c1-12-8-13(2)10-15(9-12)6-7-18-16(17-3)19-11-14-4-5-14;/h8-10,14H,4-7,11H2,1-3H3,(H2,17,18,19);1H. The lowest BCUT2D eigenvalue weighted by Gasteiger charge is -2.12. The van der Waals surface area contributed by atoms with Crippen LogP contribution in [0.5, 0.6) is 0 Å². The third kappa shape index (κ3) is 6.11. The van der Waals surface area contributed by atoms with Crippen LogP contribution in [-0.2, 0) is 6.42 Å². The van der Waals surface area contributed by atoms with Crippen LogP contribution in [0.2, 0.25) is 0 Å². The molecule has 0 amide bonds. The van der Waals surface area contributed by atoms with Gasteiger partial charge in [0.05, 0.1) is 0 Å². The summed E-state index contributed by atoms with van der Waals surface area (Å²) in [5, 5.41) is 6.76. The lowest BCUT2D eigenvalue weighted by molar-refractivity contribution is 0.734. The molecule has 0 spiro atoms. The number of aliphatic imine (C=N–C) groups is 1. The zero-order valence-electron chi connectivity index (χ0n) is 12.7. The molecule has 1 saturated carbocycles. The van der Waals surface area contributed by atoms with Crippen LogP contribution in [0.1, 0.15) is 29.5 Å². The van der Waals surface area contributed by atoms with Crippen molar-refractivity contribution in [3.05, 3.63) is 34.9 Å². The van der Waals surface area contributed by atoms with Gasteiger partial charge in [-0.2, -0.15) is 0 Å². The lowest BCUT2D eigenvalue weighted by atomic mass is 10.1. The predicted octanol–water partition coefficient (Wildman–Crippen LogP) is 3.04. The second kappa shape index (κ2) is 8.49. The first-order valence-electron chi connectivity index (χ1n) is 7.19. The number of benzene rings is 1. The van der Waals surface area contributed by atoms with Crippen molar-refractivity contribution >= 4 is 29.9 Å². The summed E-state index contributed by atoms with van der Waals surface area (Å²) >= 11 is 0. The molecular weight excluding hydrogens is 361 g/mol. The molecule has 0 aromatic heterocycles. The van der Waals surface area contributed by atoms with Crippen LogP contribution in [0.25, 0.3) is 0 Å². The molecule has 0 saturated heterocycles. The van der Waals surface area contributed by atoms with E-state index in [2.05, 4.69) is 47.7 Å². The summed E-state index contributed by atoms with van der Waals surface area (Å²) < 4.78 is 0. The van der Waals surface area contributed by atoms with E-state index in [1.165, 1.54) is 29.5 Å². The van der Waals surface area contributed by atoms with Gasteiger partial charge in [0.1, 0.15) is 0 Å². The molecule has 1 aliphatic carbocycles. The molecule has 2 N–H and O–H groups in total. The van der Waals surface area contributed by atoms with Crippen molar-refractivity contribution in [1.82, 2.24) is 10.6 Å². The fourth-order valence-electron chi connectivity index (χ4n) is 2.32.